The Hall–Kier alpha value is -3.00. The Morgan fingerprint density at radius 3 is 2.69 bits per heavy atom. The quantitative estimate of drug-likeness (QED) is 0.666. The van der Waals surface area contributed by atoms with E-state index in [1.165, 1.54) is 17.9 Å². The van der Waals surface area contributed by atoms with Crippen LogP contribution in [0.3, 0.4) is 0 Å². The Morgan fingerprint density at radius 1 is 1.22 bits per heavy atom. The van der Waals surface area contributed by atoms with Crippen molar-refractivity contribution in [1.82, 2.24) is 4.90 Å². The van der Waals surface area contributed by atoms with Gasteiger partial charge < -0.3 is 19.7 Å². The van der Waals surface area contributed by atoms with Crippen molar-refractivity contribution in [2.24, 2.45) is 0 Å². The first-order valence-corrected chi connectivity index (χ1v) is 10.6. The third kappa shape index (κ3) is 6.03. The first-order chi connectivity index (χ1) is 15.2. The van der Waals surface area contributed by atoms with Gasteiger partial charge in [0.15, 0.2) is 17.7 Å². The molecule has 0 aliphatic carbocycles. The number of rotatable bonds is 8. The van der Waals surface area contributed by atoms with Crippen LogP contribution in [0, 0.1) is 25.5 Å². The van der Waals surface area contributed by atoms with Gasteiger partial charge in [-0.25, -0.2) is 8.78 Å². The maximum atomic E-state index is 13.5. The SMILES string of the molecule is Cc1cccc(NC(=O)CN(CC2CCCO2)C(=O)C(C)Oc2ccc(F)c(F)c2)c1C. The van der Waals surface area contributed by atoms with Crippen molar-refractivity contribution >= 4 is 17.5 Å². The molecule has 0 spiro atoms. The number of halogens is 2. The lowest BCUT2D eigenvalue weighted by atomic mass is 10.1. The molecule has 3 rings (SSSR count). The van der Waals surface area contributed by atoms with E-state index in [9.17, 15) is 18.4 Å². The third-order valence-electron chi connectivity index (χ3n) is 5.52. The number of hydrogen-bond acceptors (Lipinski definition) is 4. The number of hydrogen-bond donors (Lipinski definition) is 1. The lowest BCUT2D eigenvalue weighted by molar-refractivity contribution is -0.142. The van der Waals surface area contributed by atoms with Crippen LogP contribution in [0.25, 0.3) is 0 Å². The Bertz CT molecular complexity index is 976. The van der Waals surface area contributed by atoms with Gasteiger partial charge in [-0.1, -0.05) is 12.1 Å². The fourth-order valence-electron chi connectivity index (χ4n) is 3.58. The molecule has 172 valence electrons. The highest BCUT2D eigenvalue weighted by Crippen LogP contribution is 2.20. The lowest BCUT2D eigenvalue weighted by Crippen LogP contribution is -2.47. The van der Waals surface area contributed by atoms with Crippen LogP contribution < -0.4 is 10.1 Å². The zero-order valence-electron chi connectivity index (χ0n) is 18.5. The summed E-state index contributed by atoms with van der Waals surface area (Å²) >= 11 is 0. The predicted octanol–water partition coefficient (Wildman–Crippen LogP) is 4.00. The van der Waals surface area contributed by atoms with E-state index in [0.717, 1.165) is 36.1 Å². The molecule has 1 fully saturated rings. The molecule has 1 heterocycles. The summed E-state index contributed by atoms with van der Waals surface area (Å²) in [6.07, 6.45) is 0.515. The summed E-state index contributed by atoms with van der Waals surface area (Å²) in [4.78, 5) is 27.2. The van der Waals surface area contributed by atoms with Gasteiger partial charge in [-0.15, -0.1) is 0 Å². The molecule has 2 aromatic carbocycles. The van der Waals surface area contributed by atoms with E-state index in [-0.39, 0.29) is 30.9 Å². The van der Waals surface area contributed by atoms with E-state index >= 15 is 0 Å². The smallest absolute Gasteiger partial charge is 0.263 e. The van der Waals surface area contributed by atoms with Crippen LogP contribution in [0.5, 0.6) is 5.75 Å². The number of benzene rings is 2. The van der Waals surface area contributed by atoms with Gasteiger partial charge in [0.25, 0.3) is 5.91 Å². The first-order valence-electron chi connectivity index (χ1n) is 10.6. The van der Waals surface area contributed by atoms with Gasteiger partial charge in [0.1, 0.15) is 12.3 Å². The van der Waals surface area contributed by atoms with Crippen molar-refractivity contribution in [3.8, 4) is 5.75 Å². The molecule has 2 aromatic rings. The summed E-state index contributed by atoms with van der Waals surface area (Å²) in [5.41, 5.74) is 2.68. The fraction of sp³-hybridized carbons (Fsp3) is 0.417. The lowest BCUT2D eigenvalue weighted by Gasteiger charge is -2.28. The number of nitrogens with one attached hydrogen (secondary N) is 1. The Morgan fingerprint density at radius 2 is 2.00 bits per heavy atom. The van der Waals surface area contributed by atoms with E-state index in [4.69, 9.17) is 9.47 Å². The highest BCUT2D eigenvalue weighted by atomic mass is 19.2. The van der Waals surface area contributed by atoms with Gasteiger partial charge in [0.05, 0.1) is 6.10 Å². The summed E-state index contributed by atoms with van der Waals surface area (Å²) in [6, 6.07) is 8.68. The molecule has 8 heteroatoms. The Labute approximate surface area is 186 Å². The van der Waals surface area contributed by atoms with E-state index in [1.807, 2.05) is 26.0 Å². The van der Waals surface area contributed by atoms with Crippen molar-refractivity contribution in [2.45, 2.75) is 45.8 Å². The van der Waals surface area contributed by atoms with E-state index in [2.05, 4.69) is 5.32 Å². The van der Waals surface area contributed by atoms with Gasteiger partial charge in [0, 0.05) is 24.9 Å². The van der Waals surface area contributed by atoms with Crippen LogP contribution in [0.15, 0.2) is 36.4 Å². The number of carbonyl (C=O) groups excluding carboxylic acids is 2. The van der Waals surface area contributed by atoms with Crippen LogP contribution >= 0.6 is 0 Å². The van der Waals surface area contributed by atoms with E-state index < -0.39 is 23.6 Å². The largest absolute Gasteiger partial charge is 0.481 e. The number of nitrogens with zero attached hydrogens (tertiary/aromatic N) is 1. The third-order valence-corrected chi connectivity index (χ3v) is 5.52. The monoisotopic (exact) mass is 446 g/mol. The highest BCUT2D eigenvalue weighted by molar-refractivity contribution is 5.95. The van der Waals surface area contributed by atoms with E-state index in [1.54, 1.807) is 6.07 Å². The average Bonchev–Trinajstić information content (AvgIpc) is 3.26. The second-order valence-electron chi connectivity index (χ2n) is 7.99. The van der Waals surface area contributed by atoms with Crippen LogP contribution in [0.4, 0.5) is 14.5 Å². The maximum Gasteiger partial charge on any atom is 0.263 e. The molecule has 1 aliphatic heterocycles. The molecule has 2 unspecified atom stereocenters. The maximum absolute atomic E-state index is 13.5. The molecule has 1 N–H and O–H groups in total. The van der Waals surface area contributed by atoms with Crippen LogP contribution in [-0.4, -0.2) is 48.6 Å². The fourth-order valence-corrected chi connectivity index (χ4v) is 3.58. The summed E-state index contributed by atoms with van der Waals surface area (Å²) in [6.45, 7) is 6.05. The van der Waals surface area contributed by atoms with Crippen LogP contribution in [0.1, 0.15) is 30.9 Å². The molecular weight excluding hydrogens is 418 g/mol. The van der Waals surface area contributed by atoms with E-state index in [0.29, 0.717) is 12.3 Å². The van der Waals surface area contributed by atoms with Crippen molar-refractivity contribution < 1.29 is 27.8 Å². The molecule has 32 heavy (non-hydrogen) atoms. The van der Waals surface area contributed by atoms with Crippen molar-refractivity contribution in [3.05, 3.63) is 59.2 Å². The van der Waals surface area contributed by atoms with Crippen molar-refractivity contribution in [3.63, 3.8) is 0 Å². The number of aryl methyl sites for hydroxylation is 1. The normalized spacial score (nSPS) is 16.5. The molecule has 6 nitrogen and oxygen atoms in total. The van der Waals surface area contributed by atoms with Gasteiger partial charge in [0.2, 0.25) is 5.91 Å². The number of ether oxygens (including phenoxy) is 2. The molecule has 2 amide bonds. The summed E-state index contributed by atoms with van der Waals surface area (Å²) < 4.78 is 37.8. The zero-order valence-corrected chi connectivity index (χ0v) is 18.5. The standard InChI is InChI=1S/C24H28F2N2O4/c1-15-6-4-8-22(16(15)2)27-23(29)14-28(13-19-7-5-11-31-19)24(30)17(3)32-18-9-10-20(25)21(26)12-18/h4,6,8-10,12,17,19H,5,7,11,13-14H2,1-3H3,(H,27,29). The molecule has 1 aliphatic rings. The Kier molecular flexibility index (Phi) is 7.80. The minimum atomic E-state index is -1.06. The van der Waals surface area contributed by atoms with Crippen LogP contribution in [0.2, 0.25) is 0 Å². The second kappa shape index (κ2) is 10.5. The van der Waals surface area contributed by atoms with Crippen LogP contribution in [-0.2, 0) is 14.3 Å². The van der Waals surface area contributed by atoms with Gasteiger partial charge in [-0.2, -0.15) is 0 Å². The molecule has 1 saturated heterocycles. The van der Waals surface area contributed by atoms with Gasteiger partial charge >= 0.3 is 0 Å². The number of anilines is 1. The minimum absolute atomic E-state index is 0.0293. The summed E-state index contributed by atoms with van der Waals surface area (Å²) in [5, 5.41) is 2.86. The van der Waals surface area contributed by atoms with Gasteiger partial charge in [-0.3, -0.25) is 9.59 Å². The number of carbonyl (C=O) groups is 2. The minimum Gasteiger partial charge on any atom is -0.481 e. The molecule has 0 saturated carbocycles. The molecular formula is C24H28F2N2O4. The predicted molar refractivity (Wildman–Crippen MR) is 117 cm³/mol. The average molecular weight is 446 g/mol. The summed E-state index contributed by atoms with van der Waals surface area (Å²) in [5.74, 6) is -2.82. The Balaban J connectivity index is 1.70. The molecule has 2 atom stereocenters. The molecule has 0 aromatic heterocycles. The zero-order chi connectivity index (χ0) is 23.3. The molecule has 0 radical (unpaired) electrons. The number of amides is 2. The van der Waals surface area contributed by atoms with Gasteiger partial charge in [-0.05, 0) is 62.9 Å². The topological polar surface area (TPSA) is 67.9 Å². The van der Waals surface area contributed by atoms with Crippen molar-refractivity contribution in [1.29, 1.82) is 0 Å². The highest BCUT2D eigenvalue weighted by Gasteiger charge is 2.28. The van der Waals surface area contributed by atoms with Crippen molar-refractivity contribution in [2.75, 3.05) is 25.0 Å². The first kappa shape index (κ1) is 23.7. The summed E-state index contributed by atoms with van der Waals surface area (Å²) in [7, 11) is 0. The molecule has 0 bridgehead atoms. The second-order valence-corrected chi connectivity index (χ2v) is 7.99.